The fourth-order valence-electron chi connectivity index (χ4n) is 3.61. The van der Waals surface area contributed by atoms with Gasteiger partial charge in [0.2, 0.25) is 5.91 Å². The molecule has 0 unspecified atom stereocenters. The first-order valence-electron chi connectivity index (χ1n) is 9.27. The lowest BCUT2D eigenvalue weighted by molar-refractivity contribution is -0.116. The highest BCUT2D eigenvalue weighted by Crippen LogP contribution is 2.36. The number of anilines is 2. The summed E-state index contributed by atoms with van der Waals surface area (Å²) in [6, 6.07) is 7.01. The van der Waals surface area contributed by atoms with E-state index in [4.69, 9.17) is 4.74 Å². The van der Waals surface area contributed by atoms with Gasteiger partial charge in [0.15, 0.2) is 0 Å². The number of nitrogens with one attached hydrogen (secondary N) is 2. The van der Waals surface area contributed by atoms with Gasteiger partial charge in [-0.15, -0.1) is 0 Å². The normalized spacial score (nSPS) is 21.6. The lowest BCUT2D eigenvalue weighted by Crippen LogP contribution is -2.47. The van der Waals surface area contributed by atoms with Crippen molar-refractivity contribution in [2.45, 2.75) is 50.7 Å². The van der Waals surface area contributed by atoms with Crippen molar-refractivity contribution in [3.63, 3.8) is 0 Å². The van der Waals surface area contributed by atoms with E-state index in [1.807, 2.05) is 6.92 Å². The van der Waals surface area contributed by atoms with Crippen LogP contribution < -0.4 is 10.6 Å². The minimum atomic E-state index is -0.388. The Bertz CT molecular complexity index is 656. The Labute approximate surface area is 153 Å². The zero-order chi connectivity index (χ0) is 18.6. The molecule has 2 heterocycles. The van der Waals surface area contributed by atoms with Gasteiger partial charge in [0, 0.05) is 37.3 Å². The monoisotopic (exact) mass is 361 g/mol. The number of rotatable bonds is 4. The first kappa shape index (κ1) is 18.7. The van der Waals surface area contributed by atoms with E-state index in [0.29, 0.717) is 43.9 Å². The summed E-state index contributed by atoms with van der Waals surface area (Å²) < 4.78 is 5.76. The highest BCUT2D eigenvalue weighted by molar-refractivity contribution is 5.93. The van der Waals surface area contributed by atoms with Gasteiger partial charge < -0.3 is 25.4 Å². The minimum absolute atomic E-state index is 0.0314. The van der Waals surface area contributed by atoms with Crippen LogP contribution in [-0.2, 0) is 9.53 Å². The largest absolute Gasteiger partial charge is 0.391 e. The Hall–Kier alpha value is -2.12. The first-order valence-corrected chi connectivity index (χ1v) is 9.27. The second-order valence-corrected chi connectivity index (χ2v) is 7.15. The topological polar surface area (TPSA) is 90.9 Å². The van der Waals surface area contributed by atoms with Crippen molar-refractivity contribution in [1.29, 1.82) is 0 Å². The van der Waals surface area contributed by atoms with Gasteiger partial charge in [-0.1, -0.05) is 13.0 Å². The van der Waals surface area contributed by atoms with Crippen molar-refractivity contribution >= 4 is 23.3 Å². The maximum atomic E-state index is 12.5. The number of hydrogen-bond donors (Lipinski definition) is 3. The molecule has 2 saturated heterocycles. The third-order valence-corrected chi connectivity index (χ3v) is 5.03. The van der Waals surface area contributed by atoms with Gasteiger partial charge in [-0.3, -0.25) is 4.79 Å². The van der Waals surface area contributed by atoms with Crippen LogP contribution in [0.4, 0.5) is 16.2 Å². The van der Waals surface area contributed by atoms with Gasteiger partial charge in [-0.2, -0.15) is 0 Å². The Morgan fingerprint density at radius 2 is 1.96 bits per heavy atom. The van der Waals surface area contributed by atoms with E-state index < -0.39 is 0 Å². The molecular weight excluding hydrogens is 334 g/mol. The molecule has 26 heavy (non-hydrogen) atoms. The number of nitrogens with zero attached hydrogens (tertiary/aromatic N) is 1. The lowest BCUT2D eigenvalue weighted by Gasteiger charge is -2.38. The number of carbonyl (C=O) groups is 2. The zero-order valence-corrected chi connectivity index (χ0v) is 15.2. The predicted octanol–water partition coefficient (Wildman–Crippen LogP) is 2.57. The number of amides is 3. The quantitative estimate of drug-likeness (QED) is 0.769. The first-order chi connectivity index (χ1) is 12.5. The van der Waals surface area contributed by atoms with Gasteiger partial charge in [-0.25, -0.2) is 4.79 Å². The smallest absolute Gasteiger partial charge is 0.321 e. The standard InChI is InChI=1S/C19H27N3O4/c1-2-4-17(24)20-14-5-3-6-15(11-14)21-18(25)22-9-7-19(8-10-22)12-16(23)13-26-19/h3,5-6,11,16,23H,2,4,7-10,12-13H2,1H3,(H,20,24)(H,21,25)/t16-/m1/s1. The molecule has 2 aliphatic rings. The number of aliphatic hydroxyl groups is 1. The number of benzene rings is 1. The summed E-state index contributed by atoms with van der Waals surface area (Å²) in [4.78, 5) is 26.0. The summed E-state index contributed by atoms with van der Waals surface area (Å²) in [5, 5.41) is 15.4. The highest BCUT2D eigenvalue weighted by Gasteiger charge is 2.42. The molecule has 1 aromatic carbocycles. The molecule has 1 spiro atoms. The molecule has 0 saturated carbocycles. The molecule has 0 aromatic heterocycles. The maximum absolute atomic E-state index is 12.5. The Morgan fingerprint density at radius 1 is 1.27 bits per heavy atom. The van der Waals surface area contributed by atoms with E-state index in [0.717, 1.165) is 19.3 Å². The Balaban J connectivity index is 1.53. The molecule has 3 amide bonds. The third-order valence-electron chi connectivity index (χ3n) is 5.03. The number of urea groups is 1. The average molecular weight is 361 g/mol. The van der Waals surface area contributed by atoms with Crippen LogP contribution in [-0.4, -0.2) is 53.3 Å². The molecule has 3 rings (SSSR count). The second-order valence-electron chi connectivity index (χ2n) is 7.15. The summed E-state index contributed by atoms with van der Waals surface area (Å²) >= 11 is 0. The van der Waals surface area contributed by atoms with Gasteiger partial charge >= 0.3 is 6.03 Å². The van der Waals surface area contributed by atoms with Gasteiger partial charge in [0.05, 0.1) is 18.3 Å². The second kappa shape index (κ2) is 8.05. The molecule has 0 bridgehead atoms. The van der Waals surface area contributed by atoms with E-state index in [1.165, 1.54) is 0 Å². The number of likely N-dealkylation sites (tertiary alicyclic amines) is 1. The molecule has 142 valence electrons. The Morgan fingerprint density at radius 3 is 2.58 bits per heavy atom. The molecule has 3 N–H and O–H groups in total. The van der Waals surface area contributed by atoms with Gasteiger partial charge in [-0.05, 0) is 37.5 Å². The summed E-state index contributed by atoms with van der Waals surface area (Å²) in [6.07, 6.45) is 3.01. The van der Waals surface area contributed by atoms with Crippen molar-refractivity contribution in [3.8, 4) is 0 Å². The summed E-state index contributed by atoms with van der Waals surface area (Å²) in [7, 11) is 0. The molecule has 1 aromatic rings. The third kappa shape index (κ3) is 4.53. The van der Waals surface area contributed by atoms with E-state index in [9.17, 15) is 14.7 Å². The number of carbonyl (C=O) groups excluding carboxylic acids is 2. The Kier molecular flexibility index (Phi) is 5.78. The van der Waals surface area contributed by atoms with Crippen molar-refractivity contribution < 1.29 is 19.4 Å². The molecule has 2 fully saturated rings. The van der Waals surface area contributed by atoms with Gasteiger partial charge in [0.25, 0.3) is 0 Å². The van der Waals surface area contributed by atoms with E-state index in [1.54, 1.807) is 29.2 Å². The highest BCUT2D eigenvalue weighted by atomic mass is 16.5. The average Bonchev–Trinajstić information content (AvgIpc) is 2.96. The number of piperidine rings is 1. The summed E-state index contributed by atoms with van der Waals surface area (Å²) in [5.74, 6) is -0.0314. The predicted molar refractivity (Wildman–Crippen MR) is 99.1 cm³/mol. The molecule has 2 aliphatic heterocycles. The SMILES string of the molecule is CCCC(=O)Nc1cccc(NC(=O)N2CCC3(CC2)C[C@@H](O)CO3)c1. The number of aliphatic hydroxyl groups excluding tert-OH is 1. The zero-order valence-electron chi connectivity index (χ0n) is 15.2. The summed E-state index contributed by atoms with van der Waals surface area (Å²) in [5.41, 5.74) is 1.06. The van der Waals surface area contributed by atoms with Crippen LogP contribution >= 0.6 is 0 Å². The number of ether oxygens (including phenoxy) is 1. The van der Waals surface area contributed by atoms with Crippen molar-refractivity contribution in [3.05, 3.63) is 24.3 Å². The van der Waals surface area contributed by atoms with E-state index in [-0.39, 0.29) is 23.6 Å². The maximum Gasteiger partial charge on any atom is 0.321 e. The van der Waals surface area contributed by atoms with E-state index >= 15 is 0 Å². The van der Waals surface area contributed by atoms with E-state index in [2.05, 4.69) is 10.6 Å². The van der Waals surface area contributed by atoms with Crippen molar-refractivity contribution in [2.75, 3.05) is 30.3 Å². The van der Waals surface area contributed by atoms with Crippen LogP contribution in [0.5, 0.6) is 0 Å². The van der Waals surface area contributed by atoms with Crippen molar-refractivity contribution in [1.82, 2.24) is 4.90 Å². The fourth-order valence-corrected chi connectivity index (χ4v) is 3.61. The molecule has 7 heteroatoms. The van der Waals surface area contributed by atoms with Crippen LogP contribution in [0.2, 0.25) is 0 Å². The van der Waals surface area contributed by atoms with Crippen LogP contribution in [0, 0.1) is 0 Å². The van der Waals surface area contributed by atoms with Crippen LogP contribution in [0.1, 0.15) is 39.0 Å². The van der Waals surface area contributed by atoms with Crippen molar-refractivity contribution in [2.24, 2.45) is 0 Å². The molecular formula is C19H27N3O4. The van der Waals surface area contributed by atoms with Gasteiger partial charge in [0.1, 0.15) is 0 Å². The molecule has 1 atom stereocenters. The molecule has 0 radical (unpaired) electrons. The minimum Gasteiger partial charge on any atom is -0.391 e. The number of hydrogen-bond acceptors (Lipinski definition) is 4. The van der Waals surface area contributed by atoms with Crippen LogP contribution in [0.25, 0.3) is 0 Å². The molecule has 7 nitrogen and oxygen atoms in total. The van der Waals surface area contributed by atoms with Crippen LogP contribution in [0.3, 0.4) is 0 Å². The fraction of sp³-hybridized carbons (Fsp3) is 0.579. The molecule has 0 aliphatic carbocycles. The van der Waals surface area contributed by atoms with Crippen LogP contribution in [0.15, 0.2) is 24.3 Å². The lowest BCUT2D eigenvalue weighted by atomic mass is 9.88. The summed E-state index contributed by atoms with van der Waals surface area (Å²) in [6.45, 7) is 3.55.